The Labute approximate surface area is 200 Å². The van der Waals surface area contributed by atoms with Gasteiger partial charge in [-0.2, -0.15) is 0 Å². The number of amides is 2. The van der Waals surface area contributed by atoms with Gasteiger partial charge in [-0.3, -0.25) is 24.0 Å². The van der Waals surface area contributed by atoms with Crippen LogP contribution in [0.3, 0.4) is 0 Å². The van der Waals surface area contributed by atoms with Gasteiger partial charge in [0, 0.05) is 12.8 Å². The molecule has 0 saturated carbocycles. The van der Waals surface area contributed by atoms with Gasteiger partial charge in [0.2, 0.25) is 5.91 Å². The summed E-state index contributed by atoms with van der Waals surface area (Å²) in [5, 5.41) is 20.0. The number of H-pyrrole nitrogens is 1. The number of carboxylic acid groups (broad SMARTS) is 2. The van der Waals surface area contributed by atoms with Crippen LogP contribution < -0.4 is 16.6 Å². The van der Waals surface area contributed by atoms with Crippen LogP contribution in [0, 0.1) is 13.8 Å². The minimum atomic E-state index is -1.05. The number of carbonyl (C=O) groups is 4. The summed E-state index contributed by atoms with van der Waals surface area (Å²) < 4.78 is 0. The number of nitrogens with zero attached hydrogens (tertiary/aromatic N) is 1. The van der Waals surface area contributed by atoms with E-state index in [9.17, 15) is 24.0 Å². The fourth-order valence-electron chi connectivity index (χ4n) is 3.05. The largest absolute Gasteiger partial charge is 0.481 e. The maximum Gasteiger partial charge on any atom is 0.303 e. The second kappa shape index (κ2) is 12.1. The van der Waals surface area contributed by atoms with Gasteiger partial charge in [0.25, 0.3) is 11.5 Å². The van der Waals surface area contributed by atoms with E-state index >= 15 is 0 Å². The summed E-state index contributed by atoms with van der Waals surface area (Å²) in [6.07, 6.45) is -0.223. The van der Waals surface area contributed by atoms with Gasteiger partial charge in [0.05, 0.1) is 35.0 Å². The van der Waals surface area contributed by atoms with Gasteiger partial charge in [-0.1, -0.05) is 23.3 Å². The number of anilines is 1. The highest BCUT2D eigenvalue weighted by atomic mass is 16.4. The summed E-state index contributed by atoms with van der Waals surface area (Å²) in [5.41, 5.74) is 7.90. The molecule has 0 atom stereocenters. The van der Waals surface area contributed by atoms with E-state index in [0.717, 1.165) is 11.1 Å². The zero-order valence-electron chi connectivity index (χ0n) is 19.3. The molecule has 1 heterocycles. The lowest BCUT2D eigenvalue weighted by Crippen LogP contribution is -2.18. The molecule has 11 nitrogen and oxygen atoms in total. The first-order valence-corrected chi connectivity index (χ1v) is 10.6. The van der Waals surface area contributed by atoms with Gasteiger partial charge < -0.3 is 26.2 Å². The number of nitrogens with one attached hydrogen (secondary N) is 2. The van der Waals surface area contributed by atoms with E-state index in [4.69, 9.17) is 15.9 Å². The summed E-state index contributed by atoms with van der Waals surface area (Å²) in [5.74, 6) is -2.66. The fraction of sp³-hybridized carbons (Fsp3) is 0.250. The Morgan fingerprint density at radius 1 is 0.943 bits per heavy atom. The number of carbonyl (C=O) groups excluding carboxylic acids is 2. The average molecular weight is 482 g/mol. The lowest BCUT2D eigenvalue weighted by Gasteiger charge is -2.09. The molecule has 0 aliphatic carbocycles. The van der Waals surface area contributed by atoms with E-state index in [1.54, 1.807) is 37.3 Å². The standard InChI is InChI=1S/C12H14N2O4.C12H12N2O3/c1-7-2-3-9(8(6-7)12(13)18)14-10(15)4-5-11(16)17;1-7-2-3-9-8(6-7)12(17)14-10(13-9)4-5-11(15)16/h2-3,6H,4-5H2,1H3,(H2,13,18)(H,14,15)(H,16,17);2-3,6H,4-5H2,1H3,(H,15,16)(H,13,14,17). The first-order chi connectivity index (χ1) is 16.5. The van der Waals surface area contributed by atoms with E-state index in [1.807, 2.05) is 13.0 Å². The quantitative estimate of drug-likeness (QED) is 0.322. The number of benzene rings is 2. The summed E-state index contributed by atoms with van der Waals surface area (Å²) in [4.78, 5) is 62.0. The van der Waals surface area contributed by atoms with Crippen molar-refractivity contribution in [1.29, 1.82) is 0 Å². The number of primary amides is 1. The smallest absolute Gasteiger partial charge is 0.303 e. The van der Waals surface area contributed by atoms with Crippen LogP contribution in [0.4, 0.5) is 5.69 Å². The lowest BCUT2D eigenvalue weighted by atomic mass is 10.1. The van der Waals surface area contributed by atoms with E-state index in [0.29, 0.717) is 22.4 Å². The normalized spacial score (nSPS) is 10.2. The highest BCUT2D eigenvalue weighted by Crippen LogP contribution is 2.17. The van der Waals surface area contributed by atoms with Crippen molar-refractivity contribution in [3.05, 3.63) is 69.3 Å². The highest BCUT2D eigenvalue weighted by Gasteiger charge is 2.12. The number of aromatic nitrogens is 2. The number of aliphatic carboxylic acids is 2. The molecule has 0 aliphatic heterocycles. The van der Waals surface area contributed by atoms with Gasteiger partial charge in [-0.15, -0.1) is 0 Å². The van der Waals surface area contributed by atoms with Crippen molar-refractivity contribution in [2.75, 3.05) is 5.32 Å². The molecular weight excluding hydrogens is 456 g/mol. The van der Waals surface area contributed by atoms with E-state index in [-0.39, 0.29) is 36.8 Å². The van der Waals surface area contributed by atoms with E-state index in [2.05, 4.69) is 15.3 Å². The third-order valence-electron chi connectivity index (χ3n) is 4.77. The van der Waals surface area contributed by atoms with E-state index in [1.165, 1.54) is 0 Å². The van der Waals surface area contributed by atoms with Crippen LogP contribution in [0.15, 0.2) is 41.2 Å². The van der Waals surface area contributed by atoms with Crippen LogP contribution in [0.25, 0.3) is 10.9 Å². The average Bonchev–Trinajstić information content (AvgIpc) is 2.78. The maximum atomic E-state index is 11.8. The molecule has 0 aliphatic rings. The molecule has 0 unspecified atom stereocenters. The van der Waals surface area contributed by atoms with Crippen LogP contribution in [-0.2, 0) is 20.8 Å². The van der Waals surface area contributed by atoms with Gasteiger partial charge in [0.1, 0.15) is 5.82 Å². The molecule has 1 aromatic heterocycles. The molecule has 3 rings (SSSR count). The van der Waals surface area contributed by atoms with Gasteiger partial charge >= 0.3 is 11.9 Å². The van der Waals surface area contributed by atoms with Crippen LogP contribution >= 0.6 is 0 Å². The number of hydrogen-bond acceptors (Lipinski definition) is 6. The molecule has 0 fully saturated rings. The second-order valence-corrected chi connectivity index (χ2v) is 7.78. The first kappa shape index (κ1) is 26.7. The zero-order valence-corrected chi connectivity index (χ0v) is 19.3. The highest BCUT2D eigenvalue weighted by molar-refractivity contribution is 6.03. The minimum absolute atomic E-state index is 0.0414. The maximum absolute atomic E-state index is 11.8. The predicted octanol–water partition coefficient (Wildman–Crippen LogP) is 2.15. The summed E-state index contributed by atoms with van der Waals surface area (Å²) in [6.45, 7) is 3.69. The molecule has 184 valence electrons. The van der Waals surface area contributed by atoms with Crippen molar-refractivity contribution < 1.29 is 29.4 Å². The molecule has 0 radical (unpaired) electrons. The Morgan fingerprint density at radius 3 is 2.20 bits per heavy atom. The van der Waals surface area contributed by atoms with Crippen LogP contribution in [0.5, 0.6) is 0 Å². The van der Waals surface area contributed by atoms with Gasteiger partial charge in [-0.05, 0) is 38.1 Å². The molecule has 11 heteroatoms. The molecule has 2 amide bonds. The minimum Gasteiger partial charge on any atom is -0.481 e. The summed E-state index contributed by atoms with van der Waals surface area (Å²) in [7, 11) is 0. The van der Waals surface area contributed by atoms with Crippen LogP contribution in [0.2, 0.25) is 0 Å². The Kier molecular flexibility index (Phi) is 9.21. The van der Waals surface area contributed by atoms with Crippen LogP contribution in [-0.4, -0.2) is 43.9 Å². The van der Waals surface area contributed by atoms with E-state index < -0.39 is 23.8 Å². The molecule has 0 bridgehead atoms. The van der Waals surface area contributed by atoms with Crippen molar-refractivity contribution in [3.63, 3.8) is 0 Å². The Morgan fingerprint density at radius 2 is 1.57 bits per heavy atom. The molecule has 0 saturated heterocycles. The van der Waals surface area contributed by atoms with Gasteiger partial charge in [0.15, 0.2) is 0 Å². The number of aromatic amines is 1. The second-order valence-electron chi connectivity index (χ2n) is 7.78. The topological polar surface area (TPSA) is 193 Å². The number of hydrogen-bond donors (Lipinski definition) is 5. The van der Waals surface area contributed by atoms with Crippen molar-refractivity contribution in [2.45, 2.75) is 39.5 Å². The van der Waals surface area contributed by atoms with Crippen molar-refractivity contribution in [3.8, 4) is 0 Å². The lowest BCUT2D eigenvalue weighted by molar-refractivity contribution is -0.138. The first-order valence-electron chi connectivity index (χ1n) is 10.6. The Balaban J connectivity index is 0.000000247. The Bertz CT molecular complexity index is 1330. The van der Waals surface area contributed by atoms with Crippen molar-refractivity contribution in [1.82, 2.24) is 9.97 Å². The number of carboxylic acids is 2. The number of aryl methyl sites for hydroxylation is 3. The van der Waals surface area contributed by atoms with Crippen LogP contribution in [0.1, 0.15) is 46.6 Å². The molecule has 3 aromatic rings. The fourth-order valence-corrected chi connectivity index (χ4v) is 3.05. The zero-order chi connectivity index (χ0) is 26.1. The molecule has 35 heavy (non-hydrogen) atoms. The Hall–Kier alpha value is -4.54. The number of nitrogens with two attached hydrogens (primary N) is 1. The molecular formula is C24H26N4O7. The number of fused-ring (bicyclic) bond motifs is 1. The summed E-state index contributed by atoms with van der Waals surface area (Å²) in [6, 6.07) is 10.3. The van der Waals surface area contributed by atoms with Crippen molar-refractivity contribution in [2.24, 2.45) is 5.73 Å². The molecule has 0 spiro atoms. The van der Waals surface area contributed by atoms with Gasteiger partial charge in [-0.25, -0.2) is 4.98 Å². The molecule has 6 N–H and O–H groups in total. The SMILES string of the molecule is Cc1ccc(NC(=O)CCC(=O)O)c(C(N)=O)c1.Cc1ccc2nc(CCC(=O)O)[nH]c(=O)c2c1. The predicted molar refractivity (Wildman–Crippen MR) is 128 cm³/mol. The third-order valence-corrected chi connectivity index (χ3v) is 4.77. The monoisotopic (exact) mass is 482 g/mol. The van der Waals surface area contributed by atoms with Crippen molar-refractivity contribution >= 4 is 40.3 Å². The summed E-state index contributed by atoms with van der Waals surface area (Å²) >= 11 is 0. The molecule has 2 aromatic carbocycles. The number of rotatable bonds is 8. The third kappa shape index (κ3) is 8.39.